The molecule has 0 aliphatic heterocycles. The summed E-state index contributed by atoms with van der Waals surface area (Å²) in [5.41, 5.74) is 3.85. The Morgan fingerprint density at radius 2 is 1.87 bits per heavy atom. The molecule has 198 valence electrons. The Kier molecular flexibility index (Phi) is 9.82. The summed E-state index contributed by atoms with van der Waals surface area (Å²) in [6, 6.07) is 21.1. The molecule has 4 rings (SSSR count). The van der Waals surface area contributed by atoms with Gasteiger partial charge >= 0.3 is 0 Å². The van der Waals surface area contributed by atoms with E-state index in [4.69, 9.17) is 26.1 Å². The molecule has 7 heteroatoms. The van der Waals surface area contributed by atoms with Gasteiger partial charge in [-0.3, -0.25) is 4.79 Å². The lowest BCUT2D eigenvalue weighted by atomic mass is 10.1. The van der Waals surface area contributed by atoms with Crippen LogP contribution in [0, 0.1) is 0 Å². The number of rotatable bonds is 14. The van der Waals surface area contributed by atoms with Crippen molar-refractivity contribution in [2.75, 3.05) is 20.3 Å². The Morgan fingerprint density at radius 3 is 2.66 bits per heavy atom. The maximum atomic E-state index is 12.3. The van der Waals surface area contributed by atoms with Crippen LogP contribution in [0.2, 0.25) is 5.02 Å². The van der Waals surface area contributed by atoms with E-state index in [9.17, 15) is 4.79 Å². The van der Waals surface area contributed by atoms with E-state index in [-0.39, 0.29) is 5.91 Å². The van der Waals surface area contributed by atoms with E-state index in [0.29, 0.717) is 30.3 Å². The fourth-order valence-electron chi connectivity index (χ4n) is 4.43. The van der Waals surface area contributed by atoms with Gasteiger partial charge in [0.25, 0.3) is 5.91 Å². The number of imidazole rings is 1. The molecule has 0 saturated heterocycles. The second kappa shape index (κ2) is 13.7. The number of ether oxygens (including phenoxy) is 2. The Bertz CT molecular complexity index is 1360. The molecule has 0 bridgehead atoms. The number of carbonyl (C=O) groups excluding carboxylic acids is 1. The quantitative estimate of drug-likeness (QED) is 0.146. The van der Waals surface area contributed by atoms with Gasteiger partial charge in [-0.1, -0.05) is 42.3 Å². The summed E-state index contributed by atoms with van der Waals surface area (Å²) < 4.78 is 13.9. The van der Waals surface area contributed by atoms with Crippen molar-refractivity contribution in [2.24, 2.45) is 0 Å². The maximum absolute atomic E-state index is 12.3. The van der Waals surface area contributed by atoms with E-state index in [1.165, 1.54) is 0 Å². The second-order valence-corrected chi connectivity index (χ2v) is 9.50. The van der Waals surface area contributed by atoms with Crippen molar-refractivity contribution in [3.8, 4) is 11.5 Å². The minimum atomic E-state index is -0.0737. The number of amides is 1. The molecule has 0 fully saturated rings. The molecule has 3 aromatic carbocycles. The fourth-order valence-corrected chi connectivity index (χ4v) is 4.55. The number of allylic oxidation sites excluding steroid dienone is 1. The molecular weight excluding hydrogens is 498 g/mol. The number of para-hydroxylation sites is 2. The van der Waals surface area contributed by atoms with Crippen LogP contribution in [-0.2, 0) is 19.4 Å². The van der Waals surface area contributed by atoms with Gasteiger partial charge in [-0.15, -0.1) is 6.58 Å². The lowest BCUT2D eigenvalue weighted by molar-refractivity contribution is 0.0953. The molecule has 4 aromatic rings. The average Bonchev–Trinajstić information content (AvgIpc) is 3.29. The first kappa shape index (κ1) is 27.3. The van der Waals surface area contributed by atoms with Crippen LogP contribution in [0.15, 0.2) is 79.4 Å². The van der Waals surface area contributed by atoms with E-state index in [1.807, 2.05) is 42.5 Å². The molecule has 0 spiro atoms. The van der Waals surface area contributed by atoms with Gasteiger partial charge in [-0.2, -0.15) is 0 Å². The molecule has 1 amide bonds. The SMILES string of the molecule is C=CCc1ccc(OCCn2c(CCCCCNC(=O)c3ccc(Cl)cc3)nc3ccccc32)c(OC)c1. The highest BCUT2D eigenvalue weighted by atomic mass is 35.5. The average molecular weight is 532 g/mol. The third-order valence-electron chi connectivity index (χ3n) is 6.38. The highest BCUT2D eigenvalue weighted by molar-refractivity contribution is 6.30. The van der Waals surface area contributed by atoms with E-state index < -0.39 is 0 Å². The van der Waals surface area contributed by atoms with Crippen molar-refractivity contribution in [3.63, 3.8) is 0 Å². The number of hydrogen-bond acceptors (Lipinski definition) is 4. The Morgan fingerprint density at radius 1 is 1.05 bits per heavy atom. The molecule has 0 aliphatic carbocycles. The van der Waals surface area contributed by atoms with Crippen LogP contribution in [0.3, 0.4) is 0 Å². The van der Waals surface area contributed by atoms with Crippen molar-refractivity contribution >= 4 is 28.5 Å². The van der Waals surface area contributed by atoms with E-state index in [2.05, 4.69) is 22.5 Å². The largest absolute Gasteiger partial charge is 0.493 e. The van der Waals surface area contributed by atoms with Gasteiger partial charge in [0.2, 0.25) is 0 Å². The zero-order valence-electron chi connectivity index (χ0n) is 21.8. The Labute approximate surface area is 229 Å². The summed E-state index contributed by atoms with van der Waals surface area (Å²) in [5, 5.41) is 3.60. The molecule has 0 unspecified atom stereocenters. The number of nitrogens with one attached hydrogen (secondary N) is 1. The number of aromatic nitrogens is 2. The highest BCUT2D eigenvalue weighted by Crippen LogP contribution is 2.28. The van der Waals surface area contributed by atoms with E-state index >= 15 is 0 Å². The number of benzene rings is 3. The predicted molar refractivity (Wildman–Crippen MR) is 153 cm³/mol. The molecule has 0 aliphatic rings. The molecule has 1 N–H and O–H groups in total. The van der Waals surface area contributed by atoms with Crippen molar-refractivity contribution in [2.45, 2.75) is 38.6 Å². The number of carbonyl (C=O) groups is 1. The summed E-state index contributed by atoms with van der Waals surface area (Å²) in [6.45, 7) is 5.62. The van der Waals surface area contributed by atoms with E-state index in [0.717, 1.165) is 66.0 Å². The lowest BCUT2D eigenvalue weighted by Gasteiger charge is -2.14. The molecule has 6 nitrogen and oxygen atoms in total. The normalized spacial score (nSPS) is 10.9. The molecule has 38 heavy (non-hydrogen) atoms. The molecule has 0 radical (unpaired) electrons. The monoisotopic (exact) mass is 531 g/mol. The van der Waals surface area contributed by atoms with E-state index in [1.54, 1.807) is 31.4 Å². The summed E-state index contributed by atoms with van der Waals surface area (Å²) >= 11 is 5.90. The molecule has 0 saturated carbocycles. The molecule has 1 heterocycles. The summed E-state index contributed by atoms with van der Waals surface area (Å²) in [4.78, 5) is 17.1. The number of methoxy groups -OCH3 is 1. The van der Waals surface area contributed by atoms with Gasteiger partial charge in [0.05, 0.1) is 24.7 Å². The topological polar surface area (TPSA) is 65.4 Å². The zero-order chi connectivity index (χ0) is 26.7. The lowest BCUT2D eigenvalue weighted by Crippen LogP contribution is -2.24. The number of halogens is 1. The minimum Gasteiger partial charge on any atom is -0.493 e. The first-order valence-corrected chi connectivity index (χ1v) is 13.4. The van der Waals surface area contributed by atoms with Crippen molar-refractivity contribution in [3.05, 3.63) is 101 Å². The van der Waals surface area contributed by atoms with Crippen molar-refractivity contribution < 1.29 is 14.3 Å². The van der Waals surface area contributed by atoms with Crippen LogP contribution in [0.5, 0.6) is 11.5 Å². The third kappa shape index (κ3) is 7.17. The van der Waals surface area contributed by atoms with Crippen LogP contribution in [0.25, 0.3) is 11.0 Å². The number of aryl methyl sites for hydroxylation is 1. The molecule has 1 aromatic heterocycles. The number of hydrogen-bond donors (Lipinski definition) is 1. The Hall–Kier alpha value is -3.77. The summed E-state index contributed by atoms with van der Waals surface area (Å²) in [6.07, 6.45) is 6.41. The van der Waals surface area contributed by atoms with Crippen LogP contribution >= 0.6 is 11.6 Å². The second-order valence-electron chi connectivity index (χ2n) is 9.07. The summed E-state index contributed by atoms with van der Waals surface area (Å²) in [5.74, 6) is 2.43. The number of fused-ring (bicyclic) bond motifs is 1. The van der Waals surface area contributed by atoms with Crippen molar-refractivity contribution in [1.29, 1.82) is 0 Å². The summed E-state index contributed by atoms with van der Waals surface area (Å²) in [7, 11) is 1.66. The Balaban J connectivity index is 1.29. The van der Waals surface area contributed by atoms with Crippen molar-refractivity contribution in [1.82, 2.24) is 14.9 Å². The smallest absolute Gasteiger partial charge is 0.251 e. The van der Waals surface area contributed by atoms with Gasteiger partial charge in [0.1, 0.15) is 12.4 Å². The predicted octanol–water partition coefficient (Wildman–Crippen LogP) is 6.65. The van der Waals surface area contributed by atoms with Crippen LogP contribution < -0.4 is 14.8 Å². The molecule has 0 atom stereocenters. The fraction of sp³-hybridized carbons (Fsp3) is 0.290. The molecular formula is C31H34ClN3O3. The van der Waals surface area contributed by atoms with Crippen LogP contribution in [-0.4, -0.2) is 35.7 Å². The van der Waals surface area contributed by atoms with Gasteiger partial charge in [-0.05, 0) is 73.4 Å². The first-order chi connectivity index (χ1) is 18.6. The van der Waals surface area contributed by atoms with Crippen LogP contribution in [0.4, 0.5) is 0 Å². The van der Waals surface area contributed by atoms with Gasteiger partial charge in [-0.25, -0.2) is 4.98 Å². The van der Waals surface area contributed by atoms with Crippen LogP contribution in [0.1, 0.15) is 41.0 Å². The van der Waals surface area contributed by atoms with Gasteiger partial charge in [0, 0.05) is 23.6 Å². The number of nitrogens with zero attached hydrogens (tertiary/aromatic N) is 2. The standard InChI is InChI=1S/C31H34ClN3O3/c1-3-9-23-13-18-28(29(22-23)37-2)38-21-20-35-27-11-7-6-10-26(27)34-30(35)12-5-4-8-19-33-31(36)24-14-16-25(32)17-15-24/h3,6-7,10-11,13-18,22H,1,4-5,8-9,12,19-21H2,2H3,(H,33,36). The third-order valence-corrected chi connectivity index (χ3v) is 6.64. The van der Waals surface area contributed by atoms with Gasteiger partial charge in [0.15, 0.2) is 11.5 Å². The first-order valence-electron chi connectivity index (χ1n) is 13.0. The number of unbranched alkanes of at least 4 members (excludes halogenated alkanes) is 2. The van der Waals surface area contributed by atoms with Gasteiger partial charge < -0.3 is 19.4 Å². The highest BCUT2D eigenvalue weighted by Gasteiger charge is 2.12. The maximum Gasteiger partial charge on any atom is 0.251 e. The minimum absolute atomic E-state index is 0.0737. The zero-order valence-corrected chi connectivity index (χ0v) is 22.5.